The fourth-order valence-corrected chi connectivity index (χ4v) is 10.8. The average molecular weight is 625 g/mol. The molecule has 0 aliphatic carbocycles. The quantitative estimate of drug-likeness (QED) is 0.116. The predicted molar refractivity (Wildman–Crippen MR) is 219 cm³/mol. The fourth-order valence-electron chi connectivity index (χ4n) is 10.8. The highest BCUT2D eigenvalue weighted by Gasteiger charge is 2.23. The van der Waals surface area contributed by atoms with Gasteiger partial charge in [0.1, 0.15) is 0 Å². The van der Waals surface area contributed by atoms with Crippen LogP contribution < -0.4 is 0 Å². The van der Waals surface area contributed by atoms with Crippen LogP contribution in [0.25, 0.3) is 140 Å². The molecule has 0 N–H and O–H groups in total. The van der Waals surface area contributed by atoms with Crippen molar-refractivity contribution in [2.45, 2.75) is 0 Å². The Hall–Kier alpha value is -6.50. The lowest BCUT2D eigenvalue weighted by molar-refractivity contribution is 1.81. The van der Waals surface area contributed by atoms with E-state index in [0.717, 1.165) is 0 Å². The Morgan fingerprint density at radius 3 is 0.620 bits per heavy atom. The monoisotopic (exact) mass is 624 g/mol. The van der Waals surface area contributed by atoms with Gasteiger partial charge in [-0.15, -0.1) is 0 Å². The third-order valence-corrected chi connectivity index (χ3v) is 12.6. The van der Waals surface area contributed by atoms with Crippen LogP contribution in [0.4, 0.5) is 0 Å². The van der Waals surface area contributed by atoms with Crippen molar-refractivity contribution in [3.63, 3.8) is 0 Å². The maximum atomic E-state index is 2.41. The number of hydrogen-bond donors (Lipinski definition) is 0. The Kier molecular flexibility index (Phi) is 3.95. The van der Waals surface area contributed by atoms with Crippen molar-refractivity contribution >= 4 is 140 Å². The Labute approximate surface area is 284 Å². The molecule has 0 aliphatic heterocycles. The normalized spacial score (nSPS) is 13.2. The summed E-state index contributed by atoms with van der Waals surface area (Å²) in [6, 6.07) is 55.9. The Morgan fingerprint density at radius 1 is 0.140 bits per heavy atom. The van der Waals surface area contributed by atoms with Gasteiger partial charge in [-0.05, 0) is 140 Å². The summed E-state index contributed by atoms with van der Waals surface area (Å²) in [7, 11) is 0. The van der Waals surface area contributed by atoms with E-state index in [1.807, 2.05) is 0 Å². The van der Waals surface area contributed by atoms with Gasteiger partial charge in [0.25, 0.3) is 0 Å². The minimum atomic E-state index is 1.31. The Bertz CT molecular complexity index is 3450. The third-order valence-electron chi connectivity index (χ3n) is 12.6. The zero-order chi connectivity index (χ0) is 32.0. The van der Waals surface area contributed by atoms with Crippen molar-refractivity contribution in [1.29, 1.82) is 0 Å². The molecular weight excluding hydrogens is 601 g/mol. The van der Waals surface area contributed by atoms with Crippen LogP contribution in [0, 0.1) is 0 Å². The SMILES string of the molecule is c1cc2cccc3c4ccc5c6c7ccc8c9ccc%10c%11cccc%12cccc(c%13ccc(c8c7ccc6c6ccc(c(c1)c23)c4c65)c9c%10%13)c%12%11. The smallest absolute Gasteiger partial charge is 0.00137 e. The highest BCUT2D eigenvalue weighted by molar-refractivity contribution is 6.47. The molecule has 0 aliphatic rings. The largest absolute Gasteiger partial charge is 0.0610 e. The maximum absolute atomic E-state index is 2.41. The average Bonchev–Trinajstić information content (AvgIpc) is 3.69. The van der Waals surface area contributed by atoms with Crippen LogP contribution in [0.2, 0.25) is 0 Å². The van der Waals surface area contributed by atoms with Gasteiger partial charge in [-0.25, -0.2) is 0 Å². The topological polar surface area (TPSA) is 0 Å². The second-order valence-electron chi connectivity index (χ2n) is 14.6. The van der Waals surface area contributed by atoms with Crippen molar-refractivity contribution in [2.75, 3.05) is 0 Å². The van der Waals surface area contributed by atoms with E-state index in [4.69, 9.17) is 0 Å². The first-order chi connectivity index (χ1) is 24.8. The standard InChI is InChI=1S/C50H24/c1-5-25-7-3-11-29-37-21-23-41-45-31-14-16-34-40-20-18-36-28-10-2-6-26-8-4-12-30(44(26)28)38-22-24-42(50(40)48(36)38)46(34)32(31)13-15-33(45)39-19-17-35(47(37)49(39)41)27(9-1)43(25)29/h1-24H. The van der Waals surface area contributed by atoms with Gasteiger partial charge in [0.15, 0.2) is 0 Å². The van der Waals surface area contributed by atoms with Gasteiger partial charge in [-0.3, -0.25) is 0 Å². The van der Waals surface area contributed by atoms with Gasteiger partial charge in [0.2, 0.25) is 0 Å². The molecule has 0 saturated heterocycles. The molecule has 50 heavy (non-hydrogen) atoms. The van der Waals surface area contributed by atoms with E-state index in [9.17, 15) is 0 Å². The van der Waals surface area contributed by atoms with Gasteiger partial charge >= 0.3 is 0 Å². The third kappa shape index (κ3) is 2.55. The van der Waals surface area contributed by atoms with E-state index < -0.39 is 0 Å². The highest BCUT2D eigenvalue weighted by Crippen LogP contribution is 2.52. The van der Waals surface area contributed by atoms with Crippen molar-refractivity contribution < 1.29 is 0 Å². The van der Waals surface area contributed by atoms with Crippen LogP contribution in [0.15, 0.2) is 146 Å². The van der Waals surface area contributed by atoms with Crippen LogP contribution in [-0.4, -0.2) is 0 Å². The fraction of sp³-hybridized carbons (Fsp3) is 0. The summed E-state index contributed by atoms with van der Waals surface area (Å²) in [6.07, 6.45) is 0. The number of hydrogen-bond acceptors (Lipinski definition) is 0. The molecule has 0 radical (unpaired) electrons. The molecule has 0 spiro atoms. The molecule has 0 aromatic heterocycles. The predicted octanol–water partition coefficient (Wildman–Crippen LogP) is 14.4. The second kappa shape index (κ2) is 8.03. The van der Waals surface area contributed by atoms with Gasteiger partial charge < -0.3 is 0 Å². The van der Waals surface area contributed by atoms with E-state index in [-0.39, 0.29) is 0 Å². The van der Waals surface area contributed by atoms with E-state index in [2.05, 4.69) is 146 Å². The lowest BCUT2D eigenvalue weighted by Gasteiger charge is -2.14. The van der Waals surface area contributed by atoms with E-state index in [0.29, 0.717) is 0 Å². The van der Waals surface area contributed by atoms with E-state index in [1.165, 1.54) is 140 Å². The van der Waals surface area contributed by atoms with Crippen LogP contribution in [0.3, 0.4) is 0 Å². The molecule has 0 heterocycles. The second-order valence-corrected chi connectivity index (χ2v) is 14.6. The summed E-state index contributed by atoms with van der Waals surface area (Å²) < 4.78 is 0. The zero-order valence-corrected chi connectivity index (χ0v) is 26.9. The highest BCUT2D eigenvalue weighted by atomic mass is 14.3. The first-order valence-electron chi connectivity index (χ1n) is 17.7. The van der Waals surface area contributed by atoms with Gasteiger partial charge in [0, 0.05) is 0 Å². The molecule has 14 aromatic rings. The maximum Gasteiger partial charge on any atom is -0.00137 e. The van der Waals surface area contributed by atoms with Gasteiger partial charge in [0.05, 0.1) is 0 Å². The van der Waals surface area contributed by atoms with Crippen LogP contribution in [-0.2, 0) is 0 Å². The van der Waals surface area contributed by atoms with Gasteiger partial charge in [-0.1, -0.05) is 146 Å². The molecule has 224 valence electrons. The van der Waals surface area contributed by atoms with Crippen molar-refractivity contribution in [1.82, 2.24) is 0 Å². The van der Waals surface area contributed by atoms with Crippen molar-refractivity contribution in [3.8, 4) is 0 Å². The molecule has 14 rings (SSSR count). The molecule has 0 unspecified atom stereocenters. The molecule has 0 heteroatoms. The van der Waals surface area contributed by atoms with Crippen molar-refractivity contribution in [3.05, 3.63) is 146 Å². The van der Waals surface area contributed by atoms with E-state index >= 15 is 0 Å². The summed E-state index contributed by atoms with van der Waals surface area (Å²) in [5.74, 6) is 0. The molecule has 0 bridgehead atoms. The summed E-state index contributed by atoms with van der Waals surface area (Å²) in [5.41, 5.74) is 0. The molecule has 0 amide bonds. The lowest BCUT2D eigenvalue weighted by Crippen LogP contribution is -1.86. The first kappa shape index (κ1) is 24.6. The molecular formula is C50H24. The number of rotatable bonds is 0. The molecule has 0 nitrogen and oxygen atoms in total. The van der Waals surface area contributed by atoms with E-state index in [1.54, 1.807) is 0 Å². The first-order valence-corrected chi connectivity index (χ1v) is 17.7. The van der Waals surface area contributed by atoms with Crippen LogP contribution in [0.5, 0.6) is 0 Å². The Balaban J connectivity index is 1.17. The summed E-state index contributed by atoms with van der Waals surface area (Å²) >= 11 is 0. The van der Waals surface area contributed by atoms with Crippen LogP contribution >= 0.6 is 0 Å². The summed E-state index contributed by atoms with van der Waals surface area (Å²) in [6.45, 7) is 0. The molecule has 0 saturated carbocycles. The number of fused-ring (bicyclic) bond motifs is 13. The summed E-state index contributed by atoms with van der Waals surface area (Å²) in [5, 5.41) is 35.4. The number of benzene rings is 12. The Morgan fingerprint density at radius 2 is 0.340 bits per heavy atom. The minimum absolute atomic E-state index is 1.31. The van der Waals surface area contributed by atoms with Crippen molar-refractivity contribution in [2.24, 2.45) is 0 Å². The molecule has 14 aromatic carbocycles. The summed E-state index contributed by atoms with van der Waals surface area (Å²) in [4.78, 5) is 0. The minimum Gasteiger partial charge on any atom is -0.0610 e. The van der Waals surface area contributed by atoms with Crippen LogP contribution in [0.1, 0.15) is 0 Å². The molecule has 0 atom stereocenters. The lowest BCUT2D eigenvalue weighted by atomic mass is 9.89. The van der Waals surface area contributed by atoms with Gasteiger partial charge in [-0.2, -0.15) is 0 Å². The molecule has 0 fully saturated rings. The zero-order valence-electron chi connectivity index (χ0n) is 26.9.